The van der Waals surface area contributed by atoms with Crippen LogP contribution in [0, 0.1) is 0 Å². The van der Waals surface area contributed by atoms with Gasteiger partial charge < -0.3 is 15.6 Å². The number of nitrogens with zero attached hydrogens (tertiary/aromatic N) is 3. The topological polar surface area (TPSA) is 137 Å². The molecule has 4 rings (SSSR count). The quantitative estimate of drug-likeness (QED) is 0.668. The number of aromatic nitrogens is 2. The number of hydrogen-bond donors (Lipinski definition) is 2. The number of hydroxylamine groups is 2. The first kappa shape index (κ1) is 17.6. The van der Waals surface area contributed by atoms with Crippen molar-refractivity contribution in [3.05, 3.63) is 46.0 Å². The molecule has 3 aliphatic rings. The maximum atomic E-state index is 12.5. The number of rotatable bonds is 4. The standard InChI is InChI=1S/C17H18N4O6/c18-13-5-6-20(17(25)19-13)14-7-11(12(8-22)26-14)27-21-15(23)9-3-1-2-4-10(9)16(21)24/h1,3,5-6,11-12,14,22H,2,4,7-8H2,(H2,18,19,25)/t11?,12-,14-/m1/s1. The zero-order chi connectivity index (χ0) is 19.1. The lowest BCUT2D eigenvalue weighted by molar-refractivity contribution is -0.209. The second kappa shape index (κ2) is 6.72. The fourth-order valence-corrected chi connectivity index (χ4v) is 3.43. The lowest BCUT2D eigenvalue weighted by Gasteiger charge is -2.21. The summed E-state index contributed by atoms with van der Waals surface area (Å²) in [7, 11) is 0. The summed E-state index contributed by atoms with van der Waals surface area (Å²) in [5.41, 5.74) is 5.64. The maximum Gasteiger partial charge on any atom is 0.351 e. The molecule has 27 heavy (non-hydrogen) atoms. The molecule has 0 bridgehead atoms. The third-order valence-electron chi connectivity index (χ3n) is 4.79. The van der Waals surface area contributed by atoms with E-state index < -0.39 is 42.5 Å². The number of aliphatic hydroxyl groups is 1. The molecular weight excluding hydrogens is 356 g/mol. The van der Waals surface area contributed by atoms with E-state index in [9.17, 15) is 19.5 Å². The van der Waals surface area contributed by atoms with Gasteiger partial charge in [-0.05, 0) is 18.9 Å². The largest absolute Gasteiger partial charge is 0.394 e. The van der Waals surface area contributed by atoms with Crippen LogP contribution in [0.3, 0.4) is 0 Å². The molecule has 0 spiro atoms. The number of allylic oxidation sites excluding steroid dienone is 1. The van der Waals surface area contributed by atoms with Gasteiger partial charge in [0.15, 0.2) is 0 Å². The Hall–Kier alpha value is -2.82. The number of nitrogen functional groups attached to an aromatic ring is 1. The Bertz CT molecular complexity index is 920. The molecule has 3 atom stereocenters. The summed E-state index contributed by atoms with van der Waals surface area (Å²) in [5.74, 6) is -0.943. The van der Waals surface area contributed by atoms with Crippen molar-refractivity contribution in [1.82, 2.24) is 14.6 Å². The zero-order valence-corrected chi connectivity index (χ0v) is 14.3. The first-order valence-corrected chi connectivity index (χ1v) is 8.56. The van der Waals surface area contributed by atoms with Gasteiger partial charge in [-0.3, -0.25) is 19.0 Å². The number of amides is 2. The predicted molar refractivity (Wildman–Crippen MR) is 90.6 cm³/mol. The summed E-state index contributed by atoms with van der Waals surface area (Å²) in [6.45, 7) is -0.401. The number of anilines is 1. The summed E-state index contributed by atoms with van der Waals surface area (Å²) >= 11 is 0. The molecule has 3 heterocycles. The van der Waals surface area contributed by atoms with Gasteiger partial charge in [0, 0.05) is 18.2 Å². The third-order valence-corrected chi connectivity index (χ3v) is 4.79. The van der Waals surface area contributed by atoms with Gasteiger partial charge in [-0.1, -0.05) is 12.2 Å². The molecule has 0 radical (unpaired) electrons. The van der Waals surface area contributed by atoms with E-state index in [0.717, 1.165) is 5.06 Å². The van der Waals surface area contributed by atoms with Crippen LogP contribution in [0.2, 0.25) is 0 Å². The normalized spacial score (nSPS) is 27.6. The first-order valence-electron chi connectivity index (χ1n) is 8.56. The Kier molecular flexibility index (Phi) is 4.38. The van der Waals surface area contributed by atoms with Crippen molar-refractivity contribution in [2.75, 3.05) is 12.3 Å². The second-order valence-corrected chi connectivity index (χ2v) is 6.47. The number of hydrogen-bond acceptors (Lipinski definition) is 8. The lowest BCUT2D eigenvalue weighted by Crippen LogP contribution is -2.40. The molecule has 1 unspecified atom stereocenters. The molecule has 0 aromatic carbocycles. The number of imide groups is 1. The third kappa shape index (κ3) is 2.97. The first-order chi connectivity index (χ1) is 13.0. The van der Waals surface area contributed by atoms with Gasteiger partial charge in [0.25, 0.3) is 11.8 Å². The van der Waals surface area contributed by atoms with Crippen molar-refractivity contribution < 1.29 is 24.3 Å². The van der Waals surface area contributed by atoms with Crippen LogP contribution in [0.4, 0.5) is 5.82 Å². The average molecular weight is 374 g/mol. The van der Waals surface area contributed by atoms with Crippen LogP contribution >= 0.6 is 0 Å². The maximum absolute atomic E-state index is 12.5. The molecule has 1 saturated heterocycles. The van der Waals surface area contributed by atoms with E-state index in [-0.39, 0.29) is 12.2 Å². The van der Waals surface area contributed by atoms with Crippen LogP contribution < -0.4 is 11.4 Å². The zero-order valence-electron chi connectivity index (χ0n) is 14.3. The molecule has 2 aliphatic heterocycles. The Morgan fingerprint density at radius 1 is 1.33 bits per heavy atom. The van der Waals surface area contributed by atoms with Gasteiger partial charge in [0.1, 0.15) is 24.3 Å². The van der Waals surface area contributed by atoms with Crippen LogP contribution in [-0.2, 0) is 19.2 Å². The van der Waals surface area contributed by atoms with Crippen molar-refractivity contribution in [3.8, 4) is 0 Å². The smallest absolute Gasteiger partial charge is 0.351 e. The summed E-state index contributed by atoms with van der Waals surface area (Å²) in [6.07, 6.45) is 3.85. The predicted octanol–water partition coefficient (Wildman–Crippen LogP) is -0.579. The van der Waals surface area contributed by atoms with Gasteiger partial charge in [0.2, 0.25) is 0 Å². The molecule has 3 N–H and O–H groups in total. The van der Waals surface area contributed by atoms with E-state index in [2.05, 4.69) is 4.98 Å². The van der Waals surface area contributed by atoms with Crippen molar-refractivity contribution in [2.45, 2.75) is 37.7 Å². The van der Waals surface area contributed by atoms with Gasteiger partial charge >= 0.3 is 5.69 Å². The van der Waals surface area contributed by atoms with Crippen LogP contribution in [0.15, 0.2) is 40.4 Å². The van der Waals surface area contributed by atoms with E-state index in [1.807, 2.05) is 6.08 Å². The highest BCUT2D eigenvalue weighted by atomic mass is 16.7. The molecule has 0 saturated carbocycles. The highest BCUT2D eigenvalue weighted by Crippen LogP contribution is 2.34. The van der Waals surface area contributed by atoms with E-state index in [0.29, 0.717) is 24.0 Å². The molecule has 10 heteroatoms. The van der Waals surface area contributed by atoms with Gasteiger partial charge in [-0.25, -0.2) is 4.79 Å². The average Bonchev–Trinajstić information content (AvgIpc) is 3.17. The molecular formula is C17H18N4O6. The molecule has 142 valence electrons. The van der Waals surface area contributed by atoms with Gasteiger partial charge in [0.05, 0.1) is 12.2 Å². The summed E-state index contributed by atoms with van der Waals surface area (Å²) < 4.78 is 6.88. The molecule has 1 aromatic rings. The minimum Gasteiger partial charge on any atom is -0.394 e. The number of carbonyl (C=O) groups is 2. The van der Waals surface area contributed by atoms with Crippen LogP contribution in [0.25, 0.3) is 0 Å². The van der Waals surface area contributed by atoms with Crippen molar-refractivity contribution >= 4 is 17.6 Å². The molecule has 1 aromatic heterocycles. The molecule has 10 nitrogen and oxygen atoms in total. The molecule has 1 aliphatic carbocycles. The number of ether oxygens (including phenoxy) is 1. The summed E-state index contributed by atoms with van der Waals surface area (Å²) in [4.78, 5) is 46.2. The monoisotopic (exact) mass is 374 g/mol. The van der Waals surface area contributed by atoms with E-state index in [1.54, 1.807) is 6.08 Å². The van der Waals surface area contributed by atoms with Crippen LogP contribution in [0.5, 0.6) is 0 Å². The molecule has 1 fully saturated rings. The summed E-state index contributed by atoms with van der Waals surface area (Å²) in [5, 5.41) is 10.3. The fourth-order valence-electron chi connectivity index (χ4n) is 3.43. The highest BCUT2D eigenvalue weighted by molar-refractivity contribution is 6.20. The number of aliphatic hydroxyl groups excluding tert-OH is 1. The Labute approximate surface area is 153 Å². The van der Waals surface area contributed by atoms with Gasteiger partial charge in [-0.15, -0.1) is 5.06 Å². The van der Waals surface area contributed by atoms with E-state index >= 15 is 0 Å². The fraction of sp³-hybridized carbons (Fsp3) is 0.412. The lowest BCUT2D eigenvalue weighted by atomic mass is 10.00. The Morgan fingerprint density at radius 3 is 2.85 bits per heavy atom. The van der Waals surface area contributed by atoms with Crippen LogP contribution in [-0.4, -0.2) is 50.3 Å². The Balaban J connectivity index is 1.52. The minimum absolute atomic E-state index is 0.0822. The van der Waals surface area contributed by atoms with Crippen molar-refractivity contribution in [3.63, 3.8) is 0 Å². The van der Waals surface area contributed by atoms with E-state index in [4.69, 9.17) is 15.3 Å². The van der Waals surface area contributed by atoms with Crippen molar-refractivity contribution in [2.24, 2.45) is 0 Å². The van der Waals surface area contributed by atoms with Crippen LogP contribution in [0.1, 0.15) is 25.5 Å². The SMILES string of the molecule is Nc1ccn([C@H]2CC(ON3C(=O)C4=C(CCC=C4)C3=O)[C@@H](CO)O2)c(=O)n1. The number of nitrogens with two attached hydrogens (primary N) is 1. The highest BCUT2D eigenvalue weighted by Gasteiger charge is 2.44. The van der Waals surface area contributed by atoms with Gasteiger partial charge in [-0.2, -0.15) is 4.98 Å². The minimum atomic E-state index is -0.812. The van der Waals surface area contributed by atoms with Crippen molar-refractivity contribution in [1.29, 1.82) is 0 Å². The van der Waals surface area contributed by atoms with E-state index in [1.165, 1.54) is 16.8 Å². The Morgan fingerprint density at radius 2 is 2.15 bits per heavy atom. The molecule has 2 amide bonds. The second-order valence-electron chi connectivity index (χ2n) is 6.47. The summed E-state index contributed by atoms with van der Waals surface area (Å²) in [6, 6.07) is 1.45. The number of carbonyl (C=O) groups excluding carboxylic acids is 2.